The average Bonchev–Trinajstić information content (AvgIpc) is 2.34. The smallest absolute Gasteiger partial charge is 0.0638 e. The SMILES string of the molecule is CC1(C)[C@@H]2CC[C@@]1(C)C(=NO)C2. The van der Waals surface area contributed by atoms with Crippen LogP contribution < -0.4 is 0 Å². The van der Waals surface area contributed by atoms with Crippen LogP contribution in [0.15, 0.2) is 5.16 Å². The second kappa shape index (κ2) is 2.04. The molecule has 2 bridgehead atoms. The van der Waals surface area contributed by atoms with E-state index in [0.717, 1.165) is 18.1 Å². The van der Waals surface area contributed by atoms with Crippen molar-refractivity contribution in [1.82, 2.24) is 0 Å². The molecular formula is C10H17NO. The molecule has 0 heterocycles. The summed E-state index contributed by atoms with van der Waals surface area (Å²) in [5.41, 5.74) is 1.55. The zero-order chi connectivity index (χ0) is 8.98. The van der Waals surface area contributed by atoms with E-state index in [1.165, 1.54) is 12.8 Å². The van der Waals surface area contributed by atoms with Crippen molar-refractivity contribution in [2.45, 2.75) is 40.0 Å². The quantitative estimate of drug-likeness (QED) is 0.436. The second-order valence-corrected chi connectivity index (χ2v) is 5.04. The lowest BCUT2D eigenvalue weighted by Crippen LogP contribution is -2.32. The first-order valence-corrected chi connectivity index (χ1v) is 4.74. The highest BCUT2D eigenvalue weighted by atomic mass is 16.4. The Morgan fingerprint density at radius 1 is 1.42 bits per heavy atom. The van der Waals surface area contributed by atoms with Crippen LogP contribution in [0.2, 0.25) is 0 Å². The van der Waals surface area contributed by atoms with E-state index in [0.29, 0.717) is 5.41 Å². The molecule has 2 nitrogen and oxygen atoms in total. The van der Waals surface area contributed by atoms with E-state index in [9.17, 15) is 0 Å². The number of rotatable bonds is 0. The van der Waals surface area contributed by atoms with E-state index in [2.05, 4.69) is 25.9 Å². The molecule has 1 N–H and O–H groups in total. The molecule has 2 fully saturated rings. The van der Waals surface area contributed by atoms with Crippen molar-refractivity contribution in [2.24, 2.45) is 21.9 Å². The van der Waals surface area contributed by atoms with Crippen LogP contribution in [0.4, 0.5) is 0 Å². The van der Waals surface area contributed by atoms with Crippen LogP contribution in [0.3, 0.4) is 0 Å². The highest BCUT2D eigenvalue weighted by molar-refractivity contribution is 5.93. The Hall–Kier alpha value is -0.530. The lowest BCUT2D eigenvalue weighted by Gasteiger charge is -2.33. The van der Waals surface area contributed by atoms with E-state index in [-0.39, 0.29) is 5.41 Å². The summed E-state index contributed by atoms with van der Waals surface area (Å²) in [6, 6.07) is 0. The van der Waals surface area contributed by atoms with Gasteiger partial charge in [0.2, 0.25) is 0 Å². The number of oxime groups is 1. The third kappa shape index (κ3) is 0.644. The van der Waals surface area contributed by atoms with Crippen LogP contribution in [-0.2, 0) is 0 Å². The van der Waals surface area contributed by atoms with Gasteiger partial charge in [-0.1, -0.05) is 25.9 Å². The standard InChI is InChI=1S/C10H17NO/c1-9(2)7-4-5-10(9,3)8(6-7)11-12/h7,12H,4-6H2,1-3H3/t7-,10+/m1/s1. The van der Waals surface area contributed by atoms with Gasteiger partial charge in [0.05, 0.1) is 5.71 Å². The molecule has 2 aliphatic carbocycles. The first kappa shape index (κ1) is 8.09. The normalized spacial score (nSPS) is 47.2. The van der Waals surface area contributed by atoms with Crippen molar-refractivity contribution in [3.8, 4) is 0 Å². The van der Waals surface area contributed by atoms with E-state index in [1.54, 1.807) is 0 Å². The van der Waals surface area contributed by atoms with E-state index < -0.39 is 0 Å². The minimum Gasteiger partial charge on any atom is -0.411 e. The Balaban J connectivity index is 2.46. The fourth-order valence-corrected chi connectivity index (χ4v) is 3.08. The molecular weight excluding hydrogens is 150 g/mol. The highest BCUT2D eigenvalue weighted by Crippen LogP contribution is 2.63. The minimum atomic E-state index is 0.173. The summed E-state index contributed by atoms with van der Waals surface area (Å²) in [5.74, 6) is 0.744. The van der Waals surface area contributed by atoms with E-state index >= 15 is 0 Å². The molecule has 0 spiro atoms. The lowest BCUT2D eigenvalue weighted by molar-refractivity contribution is 0.190. The van der Waals surface area contributed by atoms with Gasteiger partial charge in [0.1, 0.15) is 0 Å². The number of nitrogens with zero attached hydrogens (tertiary/aromatic N) is 1. The zero-order valence-corrected chi connectivity index (χ0v) is 8.09. The van der Waals surface area contributed by atoms with Gasteiger partial charge in [-0.15, -0.1) is 0 Å². The summed E-state index contributed by atoms with van der Waals surface area (Å²) in [7, 11) is 0. The maximum Gasteiger partial charge on any atom is 0.0638 e. The summed E-state index contributed by atoms with van der Waals surface area (Å²) in [5, 5.41) is 12.3. The van der Waals surface area contributed by atoms with Crippen LogP contribution in [0.25, 0.3) is 0 Å². The van der Waals surface area contributed by atoms with Gasteiger partial charge >= 0.3 is 0 Å². The Morgan fingerprint density at radius 3 is 2.33 bits per heavy atom. The molecule has 0 saturated heterocycles. The van der Waals surface area contributed by atoms with Gasteiger partial charge < -0.3 is 5.21 Å². The molecule has 12 heavy (non-hydrogen) atoms. The molecule has 0 amide bonds. The van der Waals surface area contributed by atoms with Gasteiger partial charge in [0.15, 0.2) is 0 Å². The predicted molar refractivity (Wildman–Crippen MR) is 48.5 cm³/mol. The van der Waals surface area contributed by atoms with Gasteiger partial charge in [-0.3, -0.25) is 0 Å². The predicted octanol–water partition coefficient (Wildman–Crippen LogP) is 2.66. The fourth-order valence-electron chi connectivity index (χ4n) is 3.08. The summed E-state index contributed by atoms with van der Waals surface area (Å²) in [6.07, 6.45) is 3.52. The molecule has 0 aromatic carbocycles. The van der Waals surface area contributed by atoms with Crippen LogP contribution in [0.1, 0.15) is 40.0 Å². The minimum absolute atomic E-state index is 0.173. The molecule has 0 aromatic rings. The zero-order valence-electron chi connectivity index (χ0n) is 8.09. The van der Waals surface area contributed by atoms with Gasteiger partial charge in [-0.2, -0.15) is 0 Å². The topological polar surface area (TPSA) is 32.6 Å². The highest BCUT2D eigenvalue weighted by Gasteiger charge is 2.60. The summed E-state index contributed by atoms with van der Waals surface area (Å²) >= 11 is 0. The summed E-state index contributed by atoms with van der Waals surface area (Å²) in [6.45, 7) is 6.86. The van der Waals surface area contributed by atoms with Crippen molar-refractivity contribution in [3.63, 3.8) is 0 Å². The maximum atomic E-state index is 8.87. The number of hydrogen-bond acceptors (Lipinski definition) is 2. The van der Waals surface area contributed by atoms with Gasteiger partial charge in [-0.05, 0) is 30.6 Å². The van der Waals surface area contributed by atoms with E-state index in [1.807, 2.05) is 0 Å². The Bertz CT molecular complexity index is 244. The molecule has 68 valence electrons. The Kier molecular flexibility index (Phi) is 1.37. The van der Waals surface area contributed by atoms with Crippen LogP contribution in [0.5, 0.6) is 0 Å². The largest absolute Gasteiger partial charge is 0.411 e. The molecule has 0 radical (unpaired) electrons. The molecule has 2 rings (SSSR count). The first-order valence-electron chi connectivity index (χ1n) is 4.74. The van der Waals surface area contributed by atoms with Crippen molar-refractivity contribution in [1.29, 1.82) is 0 Å². The molecule has 2 heteroatoms. The van der Waals surface area contributed by atoms with Crippen molar-refractivity contribution < 1.29 is 5.21 Å². The van der Waals surface area contributed by atoms with Gasteiger partial charge in [-0.25, -0.2) is 0 Å². The molecule has 0 unspecified atom stereocenters. The molecule has 2 saturated carbocycles. The average molecular weight is 167 g/mol. The second-order valence-electron chi connectivity index (χ2n) is 5.04. The molecule has 2 aliphatic rings. The molecule has 0 aromatic heterocycles. The Labute approximate surface area is 73.7 Å². The van der Waals surface area contributed by atoms with Crippen LogP contribution >= 0.6 is 0 Å². The number of hydrogen-bond donors (Lipinski definition) is 1. The monoisotopic (exact) mass is 167 g/mol. The first-order chi connectivity index (χ1) is 5.52. The fraction of sp³-hybridized carbons (Fsp3) is 0.900. The van der Waals surface area contributed by atoms with Crippen molar-refractivity contribution in [2.75, 3.05) is 0 Å². The van der Waals surface area contributed by atoms with E-state index in [4.69, 9.17) is 5.21 Å². The van der Waals surface area contributed by atoms with Crippen molar-refractivity contribution in [3.05, 3.63) is 0 Å². The summed E-state index contributed by atoms with van der Waals surface area (Å²) in [4.78, 5) is 0. The Morgan fingerprint density at radius 2 is 2.08 bits per heavy atom. The number of fused-ring (bicyclic) bond motifs is 2. The van der Waals surface area contributed by atoms with Gasteiger partial charge in [0.25, 0.3) is 0 Å². The third-order valence-electron chi connectivity index (χ3n) is 4.63. The van der Waals surface area contributed by atoms with Crippen LogP contribution in [0, 0.1) is 16.7 Å². The van der Waals surface area contributed by atoms with Gasteiger partial charge in [0, 0.05) is 5.41 Å². The van der Waals surface area contributed by atoms with Crippen molar-refractivity contribution >= 4 is 5.71 Å². The maximum absolute atomic E-state index is 8.87. The summed E-state index contributed by atoms with van der Waals surface area (Å²) < 4.78 is 0. The molecule has 0 aliphatic heterocycles. The molecule has 2 atom stereocenters. The third-order valence-corrected chi connectivity index (χ3v) is 4.63. The van der Waals surface area contributed by atoms with Crippen LogP contribution in [-0.4, -0.2) is 10.9 Å². The lowest BCUT2D eigenvalue weighted by atomic mass is 9.70.